The van der Waals surface area contributed by atoms with Gasteiger partial charge in [0.2, 0.25) is 0 Å². The van der Waals surface area contributed by atoms with Gasteiger partial charge in [0.25, 0.3) is 0 Å². The van der Waals surface area contributed by atoms with Gasteiger partial charge in [0.15, 0.2) is 0 Å². The fourth-order valence-electron chi connectivity index (χ4n) is 2.55. The van der Waals surface area contributed by atoms with E-state index in [0.717, 1.165) is 22.3 Å². The number of para-hydroxylation sites is 1. The Balaban J connectivity index is 2.00. The summed E-state index contributed by atoms with van der Waals surface area (Å²) in [6, 6.07) is 12.3. The van der Waals surface area contributed by atoms with Gasteiger partial charge in [-0.1, -0.05) is 29.8 Å². The van der Waals surface area contributed by atoms with Gasteiger partial charge in [-0.3, -0.25) is 0 Å². The first kappa shape index (κ1) is 15.6. The van der Waals surface area contributed by atoms with E-state index in [1.807, 2.05) is 31.2 Å². The van der Waals surface area contributed by atoms with E-state index >= 15 is 0 Å². The van der Waals surface area contributed by atoms with Crippen LogP contribution in [-0.2, 0) is 6.54 Å². The molecular formula is C18H16ClFN2O. The van der Waals surface area contributed by atoms with Crippen LogP contribution in [0.2, 0.25) is 5.02 Å². The van der Waals surface area contributed by atoms with Crippen LogP contribution < -0.4 is 10.1 Å². The highest BCUT2D eigenvalue weighted by molar-refractivity contribution is 6.31. The minimum atomic E-state index is -0.322. The van der Waals surface area contributed by atoms with Gasteiger partial charge in [0.05, 0.1) is 7.11 Å². The van der Waals surface area contributed by atoms with Crippen LogP contribution in [0.3, 0.4) is 0 Å². The second kappa shape index (κ2) is 6.42. The van der Waals surface area contributed by atoms with Crippen molar-refractivity contribution in [1.82, 2.24) is 4.98 Å². The van der Waals surface area contributed by atoms with Crippen LogP contribution in [0.5, 0.6) is 5.75 Å². The van der Waals surface area contributed by atoms with Gasteiger partial charge in [-0.2, -0.15) is 0 Å². The molecule has 0 atom stereocenters. The number of pyridine rings is 1. The van der Waals surface area contributed by atoms with Crippen molar-refractivity contribution in [3.05, 3.63) is 64.6 Å². The Kier molecular flexibility index (Phi) is 4.35. The number of aromatic nitrogens is 1. The maximum Gasteiger partial charge on any atom is 0.145 e. The van der Waals surface area contributed by atoms with Gasteiger partial charge in [0, 0.05) is 33.9 Å². The maximum atomic E-state index is 13.9. The first-order chi connectivity index (χ1) is 11.1. The number of halogens is 2. The molecule has 23 heavy (non-hydrogen) atoms. The summed E-state index contributed by atoms with van der Waals surface area (Å²) in [5, 5.41) is 4.58. The number of nitrogens with zero attached hydrogens (tertiary/aromatic N) is 1. The van der Waals surface area contributed by atoms with Crippen LogP contribution in [0.15, 0.2) is 42.5 Å². The summed E-state index contributed by atoms with van der Waals surface area (Å²) in [4.78, 5) is 4.53. The first-order valence-corrected chi connectivity index (χ1v) is 7.59. The fourth-order valence-corrected chi connectivity index (χ4v) is 2.78. The molecule has 5 heteroatoms. The number of benzene rings is 2. The number of ether oxygens (including phenoxy) is 1. The number of nitrogens with one attached hydrogen (secondary N) is 1. The molecule has 118 valence electrons. The Bertz CT molecular complexity index is 847. The molecule has 0 fully saturated rings. The van der Waals surface area contributed by atoms with E-state index in [0.29, 0.717) is 22.9 Å². The Morgan fingerprint density at radius 3 is 2.74 bits per heavy atom. The van der Waals surface area contributed by atoms with Gasteiger partial charge in [-0.25, -0.2) is 9.37 Å². The van der Waals surface area contributed by atoms with Crippen molar-refractivity contribution in [3.8, 4) is 5.75 Å². The maximum absolute atomic E-state index is 13.9. The van der Waals surface area contributed by atoms with E-state index in [1.165, 1.54) is 6.07 Å². The lowest BCUT2D eigenvalue weighted by Crippen LogP contribution is -2.04. The number of methoxy groups -OCH3 is 1. The molecule has 0 aliphatic rings. The summed E-state index contributed by atoms with van der Waals surface area (Å²) in [6.07, 6.45) is 0. The number of fused-ring (bicyclic) bond motifs is 1. The minimum absolute atomic E-state index is 0.293. The van der Waals surface area contributed by atoms with Crippen molar-refractivity contribution in [2.45, 2.75) is 13.5 Å². The van der Waals surface area contributed by atoms with Gasteiger partial charge < -0.3 is 10.1 Å². The van der Waals surface area contributed by atoms with E-state index in [4.69, 9.17) is 16.3 Å². The molecule has 0 bridgehead atoms. The summed E-state index contributed by atoms with van der Waals surface area (Å²) in [6.45, 7) is 2.20. The third kappa shape index (κ3) is 3.08. The normalized spacial score (nSPS) is 10.8. The molecule has 3 rings (SSSR count). The number of aryl methyl sites for hydroxylation is 1. The smallest absolute Gasteiger partial charge is 0.145 e. The summed E-state index contributed by atoms with van der Waals surface area (Å²) < 4.78 is 19.3. The number of hydrogen-bond acceptors (Lipinski definition) is 3. The summed E-state index contributed by atoms with van der Waals surface area (Å²) in [7, 11) is 1.62. The van der Waals surface area contributed by atoms with Gasteiger partial charge in [-0.05, 0) is 31.2 Å². The third-order valence-corrected chi connectivity index (χ3v) is 4.02. The van der Waals surface area contributed by atoms with E-state index in [9.17, 15) is 4.39 Å². The van der Waals surface area contributed by atoms with Gasteiger partial charge >= 0.3 is 0 Å². The third-order valence-electron chi connectivity index (χ3n) is 3.67. The average molecular weight is 331 g/mol. The quantitative estimate of drug-likeness (QED) is 0.734. The monoisotopic (exact) mass is 330 g/mol. The second-order valence-corrected chi connectivity index (χ2v) is 5.63. The number of hydrogen-bond donors (Lipinski definition) is 1. The fraction of sp³-hybridized carbons (Fsp3) is 0.167. The largest absolute Gasteiger partial charge is 0.494 e. The predicted octanol–water partition coefficient (Wildman–Crippen LogP) is 4.96. The Morgan fingerprint density at radius 1 is 1.22 bits per heavy atom. The molecule has 0 aliphatic heterocycles. The standard InChI is InChI=1S/C18H16ClFN2O/c1-11-9-16(12-5-3-8-17(23-2)18(12)22-11)21-10-13-14(19)6-4-7-15(13)20/h3-9H,10H2,1-2H3,(H,21,22). The Morgan fingerprint density at radius 2 is 2.00 bits per heavy atom. The second-order valence-electron chi connectivity index (χ2n) is 5.22. The van der Waals surface area contributed by atoms with Crippen molar-refractivity contribution in [2.24, 2.45) is 0 Å². The minimum Gasteiger partial charge on any atom is -0.494 e. The molecule has 1 heterocycles. The van der Waals surface area contributed by atoms with Gasteiger partial charge in [0.1, 0.15) is 17.1 Å². The first-order valence-electron chi connectivity index (χ1n) is 7.21. The van der Waals surface area contributed by atoms with Crippen molar-refractivity contribution in [2.75, 3.05) is 12.4 Å². The Hall–Kier alpha value is -2.33. The van der Waals surface area contributed by atoms with Crippen LogP contribution in [0.4, 0.5) is 10.1 Å². The number of anilines is 1. The highest BCUT2D eigenvalue weighted by atomic mass is 35.5. The molecule has 0 saturated carbocycles. The summed E-state index contributed by atoms with van der Waals surface area (Å²) in [5.41, 5.74) is 2.94. The summed E-state index contributed by atoms with van der Waals surface area (Å²) in [5.74, 6) is 0.385. The molecule has 0 radical (unpaired) electrons. The van der Waals surface area contributed by atoms with E-state index < -0.39 is 0 Å². The molecular weight excluding hydrogens is 315 g/mol. The van der Waals surface area contributed by atoms with Crippen molar-refractivity contribution < 1.29 is 9.13 Å². The molecule has 0 aliphatic carbocycles. The lowest BCUT2D eigenvalue weighted by Gasteiger charge is -2.13. The zero-order valence-electron chi connectivity index (χ0n) is 12.9. The molecule has 0 amide bonds. The van der Waals surface area contributed by atoms with Crippen LogP contribution in [0, 0.1) is 12.7 Å². The van der Waals surface area contributed by atoms with Crippen molar-refractivity contribution in [1.29, 1.82) is 0 Å². The summed E-state index contributed by atoms with van der Waals surface area (Å²) >= 11 is 6.08. The van der Waals surface area contributed by atoms with Crippen LogP contribution in [-0.4, -0.2) is 12.1 Å². The molecule has 1 aromatic heterocycles. The van der Waals surface area contributed by atoms with Crippen LogP contribution in [0.25, 0.3) is 10.9 Å². The van der Waals surface area contributed by atoms with Crippen molar-refractivity contribution in [3.63, 3.8) is 0 Å². The lowest BCUT2D eigenvalue weighted by molar-refractivity contribution is 0.419. The molecule has 3 aromatic rings. The number of rotatable bonds is 4. The predicted molar refractivity (Wildman–Crippen MR) is 91.8 cm³/mol. The van der Waals surface area contributed by atoms with Gasteiger partial charge in [-0.15, -0.1) is 0 Å². The molecule has 1 N–H and O–H groups in total. The van der Waals surface area contributed by atoms with E-state index in [1.54, 1.807) is 19.2 Å². The van der Waals surface area contributed by atoms with Crippen LogP contribution >= 0.6 is 11.6 Å². The molecule has 0 spiro atoms. The highest BCUT2D eigenvalue weighted by Gasteiger charge is 2.11. The SMILES string of the molecule is COc1cccc2c(NCc3c(F)cccc3Cl)cc(C)nc12. The topological polar surface area (TPSA) is 34.1 Å². The highest BCUT2D eigenvalue weighted by Crippen LogP contribution is 2.30. The molecule has 0 unspecified atom stereocenters. The van der Waals surface area contributed by atoms with Crippen LogP contribution in [0.1, 0.15) is 11.3 Å². The zero-order chi connectivity index (χ0) is 16.4. The van der Waals surface area contributed by atoms with Crippen molar-refractivity contribution >= 4 is 28.2 Å². The lowest BCUT2D eigenvalue weighted by atomic mass is 10.1. The molecule has 0 saturated heterocycles. The molecule has 3 nitrogen and oxygen atoms in total. The van der Waals surface area contributed by atoms with E-state index in [2.05, 4.69) is 10.3 Å². The Labute approximate surface area is 139 Å². The molecule has 2 aromatic carbocycles. The zero-order valence-corrected chi connectivity index (χ0v) is 13.6. The van der Waals surface area contributed by atoms with E-state index in [-0.39, 0.29) is 5.82 Å². The average Bonchev–Trinajstić information content (AvgIpc) is 2.53.